The fourth-order valence-electron chi connectivity index (χ4n) is 2.53. The number of carbonyl (C=O) groups excluding carboxylic acids is 2. The zero-order chi connectivity index (χ0) is 16.2. The molecule has 0 spiro atoms. The number of amides is 3. The van der Waals surface area contributed by atoms with Crippen LogP contribution in [0.15, 0.2) is 23.0 Å². The van der Waals surface area contributed by atoms with Gasteiger partial charge >= 0.3 is 6.03 Å². The van der Waals surface area contributed by atoms with E-state index < -0.39 is 0 Å². The smallest absolute Gasteiger partial charge is 0.315 e. The van der Waals surface area contributed by atoms with Crippen LogP contribution in [0.4, 0.5) is 4.79 Å². The van der Waals surface area contributed by atoms with Gasteiger partial charge in [-0.05, 0) is 45.6 Å². The number of nitrogens with one attached hydrogen (secondary N) is 2. The van der Waals surface area contributed by atoms with Gasteiger partial charge in [0.15, 0.2) is 0 Å². The molecule has 1 fully saturated rings. The highest BCUT2D eigenvalue weighted by molar-refractivity contribution is 5.93. The van der Waals surface area contributed by atoms with Crippen molar-refractivity contribution in [1.29, 1.82) is 0 Å². The highest BCUT2D eigenvalue weighted by Gasteiger charge is 2.24. The molecule has 22 heavy (non-hydrogen) atoms. The summed E-state index contributed by atoms with van der Waals surface area (Å²) in [5, 5.41) is 5.79. The zero-order valence-electron chi connectivity index (χ0n) is 13.5. The lowest BCUT2D eigenvalue weighted by molar-refractivity contribution is 0.0689. The van der Waals surface area contributed by atoms with Gasteiger partial charge in [0, 0.05) is 25.2 Å². The van der Waals surface area contributed by atoms with E-state index in [-0.39, 0.29) is 17.5 Å². The maximum absolute atomic E-state index is 12.2. The van der Waals surface area contributed by atoms with Gasteiger partial charge in [-0.2, -0.15) is 0 Å². The molecular formula is C16H25N3O3. The molecule has 1 saturated heterocycles. The number of rotatable bonds is 3. The van der Waals surface area contributed by atoms with Crippen molar-refractivity contribution in [1.82, 2.24) is 15.5 Å². The van der Waals surface area contributed by atoms with E-state index in [2.05, 4.69) is 10.6 Å². The average Bonchev–Trinajstić information content (AvgIpc) is 2.97. The molecule has 1 aromatic rings. The van der Waals surface area contributed by atoms with Crippen LogP contribution < -0.4 is 10.6 Å². The van der Waals surface area contributed by atoms with Crippen LogP contribution in [0.25, 0.3) is 0 Å². The van der Waals surface area contributed by atoms with E-state index >= 15 is 0 Å². The Morgan fingerprint density at radius 1 is 1.32 bits per heavy atom. The van der Waals surface area contributed by atoms with Gasteiger partial charge in [0.05, 0.1) is 11.8 Å². The summed E-state index contributed by atoms with van der Waals surface area (Å²) in [5.74, 6) is 0.435. The number of hydrogen-bond donors (Lipinski definition) is 2. The molecule has 0 saturated carbocycles. The molecule has 1 aromatic heterocycles. The molecule has 6 nitrogen and oxygen atoms in total. The normalized spacial score (nSPS) is 16.4. The number of nitrogens with zero attached hydrogens (tertiary/aromatic N) is 1. The van der Waals surface area contributed by atoms with E-state index in [1.807, 2.05) is 25.7 Å². The van der Waals surface area contributed by atoms with Gasteiger partial charge in [-0.1, -0.05) is 0 Å². The molecule has 2 heterocycles. The standard InChI is InChI=1S/C16H25N3O3/c1-16(2,3)18-15(21)17-10-12-4-7-19(8-5-12)14(20)13-6-9-22-11-13/h6,9,11-12H,4-5,7-8,10H2,1-3H3,(H2,17,18,21). The number of urea groups is 1. The summed E-state index contributed by atoms with van der Waals surface area (Å²) in [6.45, 7) is 7.94. The molecule has 2 rings (SSSR count). The van der Waals surface area contributed by atoms with Crippen LogP contribution in [0.2, 0.25) is 0 Å². The lowest BCUT2D eigenvalue weighted by Gasteiger charge is -2.32. The molecule has 1 aliphatic rings. The Morgan fingerprint density at radius 2 is 2.00 bits per heavy atom. The largest absolute Gasteiger partial charge is 0.472 e. The van der Waals surface area contributed by atoms with Crippen molar-refractivity contribution in [2.45, 2.75) is 39.2 Å². The summed E-state index contributed by atoms with van der Waals surface area (Å²) >= 11 is 0. The summed E-state index contributed by atoms with van der Waals surface area (Å²) in [6.07, 6.45) is 4.79. The highest BCUT2D eigenvalue weighted by atomic mass is 16.3. The Kier molecular flexibility index (Phi) is 5.11. The van der Waals surface area contributed by atoms with E-state index in [1.54, 1.807) is 6.07 Å². The summed E-state index contributed by atoms with van der Waals surface area (Å²) in [7, 11) is 0. The first kappa shape index (κ1) is 16.4. The van der Waals surface area contributed by atoms with Crippen LogP contribution in [0.5, 0.6) is 0 Å². The second-order valence-corrected chi connectivity index (χ2v) is 6.83. The Balaban J connectivity index is 1.71. The third-order valence-electron chi connectivity index (χ3n) is 3.71. The Labute approximate surface area is 131 Å². The van der Waals surface area contributed by atoms with Crippen molar-refractivity contribution in [3.05, 3.63) is 24.2 Å². The molecule has 6 heteroatoms. The van der Waals surface area contributed by atoms with Crippen LogP contribution in [0.3, 0.4) is 0 Å². The SMILES string of the molecule is CC(C)(C)NC(=O)NCC1CCN(C(=O)c2ccoc2)CC1. The minimum Gasteiger partial charge on any atom is -0.472 e. The minimum absolute atomic E-state index is 0.0191. The van der Waals surface area contributed by atoms with Crippen LogP contribution in [-0.2, 0) is 0 Å². The van der Waals surface area contributed by atoms with E-state index in [9.17, 15) is 9.59 Å². The van der Waals surface area contributed by atoms with Gasteiger partial charge in [-0.15, -0.1) is 0 Å². The fourth-order valence-corrected chi connectivity index (χ4v) is 2.53. The number of carbonyl (C=O) groups is 2. The topological polar surface area (TPSA) is 74.6 Å². The van der Waals surface area contributed by atoms with Crippen molar-refractivity contribution < 1.29 is 14.0 Å². The highest BCUT2D eigenvalue weighted by Crippen LogP contribution is 2.18. The van der Waals surface area contributed by atoms with Gasteiger partial charge in [0.1, 0.15) is 6.26 Å². The summed E-state index contributed by atoms with van der Waals surface area (Å²) in [5.41, 5.74) is 0.367. The molecule has 0 bridgehead atoms. The first-order valence-corrected chi connectivity index (χ1v) is 7.72. The zero-order valence-corrected chi connectivity index (χ0v) is 13.5. The number of piperidine rings is 1. The molecule has 2 N–H and O–H groups in total. The average molecular weight is 307 g/mol. The van der Waals surface area contributed by atoms with Crippen molar-refractivity contribution in [2.75, 3.05) is 19.6 Å². The Bertz CT molecular complexity index is 497. The van der Waals surface area contributed by atoms with Crippen LogP contribution in [0.1, 0.15) is 44.0 Å². The summed E-state index contributed by atoms with van der Waals surface area (Å²) in [4.78, 5) is 25.8. The maximum Gasteiger partial charge on any atom is 0.315 e. The fraction of sp³-hybridized carbons (Fsp3) is 0.625. The van der Waals surface area contributed by atoms with Crippen LogP contribution in [0, 0.1) is 5.92 Å². The maximum atomic E-state index is 12.2. The quantitative estimate of drug-likeness (QED) is 0.899. The van der Waals surface area contributed by atoms with Crippen molar-refractivity contribution in [2.24, 2.45) is 5.92 Å². The second kappa shape index (κ2) is 6.85. The predicted molar refractivity (Wildman–Crippen MR) is 83.6 cm³/mol. The Morgan fingerprint density at radius 3 is 2.55 bits per heavy atom. The monoisotopic (exact) mass is 307 g/mol. The molecule has 0 atom stereocenters. The molecule has 0 unspecified atom stereocenters. The van der Waals surface area contributed by atoms with Gasteiger partial charge in [0.25, 0.3) is 5.91 Å². The first-order chi connectivity index (χ1) is 10.3. The first-order valence-electron chi connectivity index (χ1n) is 7.72. The predicted octanol–water partition coefficient (Wildman–Crippen LogP) is 2.23. The van der Waals surface area contributed by atoms with E-state index in [0.29, 0.717) is 18.0 Å². The van der Waals surface area contributed by atoms with Crippen molar-refractivity contribution in [3.8, 4) is 0 Å². The lowest BCUT2D eigenvalue weighted by Crippen LogP contribution is -2.48. The summed E-state index contributed by atoms with van der Waals surface area (Å²) in [6, 6.07) is 1.55. The molecule has 0 aromatic carbocycles. The number of hydrogen-bond acceptors (Lipinski definition) is 3. The molecular weight excluding hydrogens is 282 g/mol. The van der Waals surface area contributed by atoms with Crippen LogP contribution in [-0.4, -0.2) is 42.0 Å². The second-order valence-electron chi connectivity index (χ2n) is 6.83. The third kappa shape index (κ3) is 4.79. The number of likely N-dealkylation sites (tertiary alicyclic amines) is 1. The van der Waals surface area contributed by atoms with Crippen molar-refractivity contribution >= 4 is 11.9 Å². The molecule has 0 aliphatic carbocycles. The third-order valence-corrected chi connectivity index (χ3v) is 3.71. The Hall–Kier alpha value is -1.98. The molecule has 122 valence electrons. The summed E-state index contributed by atoms with van der Waals surface area (Å²) < 4.78 is 4.95. The van der Waals surface area contributed by atoms with Gasteiger partial charge < -0.3 is 20.0 Å². The molecule has 1 aliphatic heterocycles. The van der Waals surface area contributed by atoms with Gasteiger partial charge in [0.2, 0.25) is 0 Å². The minimum atomic E-state index is -0.232. The molecule has 3 amide bonds. The van der Waals surface area contributed by atoms with E-state index in [0.717, 1.165) is 25.9 Å². The molecule has 0 radical (unpaired) electrons. The van der Waals surface area contributed by atoms with Crippen molar-refractivity contribution in [3.63, 3.8) is 0 Å². The van der Waals surface area contributed by atoms with Crippen LogP contribution >= 0.6 is 0 Å². The van der Waals surface area contributed by atoms with E-state index in [4.69, 9.17) is 4.42 Å². The van der Waals surface area contributed by atoms with Gasteiger partial charge in [-0.3, -0.25) is 4.79 Å². The van der Waals surface area contributed by atoms with E-state index in [1.165, 1.54) is 12.5 Å². The number of furan rings is 1. The lowest BCUT2D eigenvalue weighted by atomic mass is 9.96. The van der Waals surface area contributed by atoms with Gasteiger partial charge in [-0.25, -0.2) is 4.79 Å².